The minimum absolute atomic E-state index is 0.162. The molecule has 0 spiro atoms. The molecule has 122 valence electrons. The van der Waals surface area contributed by atoms with Crippen molar-refractivity contribution in [3.63, 3.8) is 0 Å². The molecule has 0 radical (unpaired) electrons. The number of nitrogens with two attached hydrogens (primary N) is 1. The van der Waals surface area contributed by atoms with Gasteiger partial charge in [-0.3, -0.25) is 4.90 Å². The van der Waals surface area contributed by atoms with Gasteiger partial charge < -0.3 is 5.73 Å². The van der Waals surface area contributed by atoms with Crippen LogP contribution in [0.25, 0.3) is 0 Å². The van der Waals surface area contributed by atoms with Gasteiger partial charge in [0.1, 0.15) is 0 Å². The summed E-state index contributed by atoms with van der Waals surface area (Å²) in [5.74, 6) is 0. The Balaban J connectivity index is 1.69. The van der Waals surface area contributed by atoms with E-state index < -0.39 is 0 Å². The van der Waals surface area contributed by atoms with Gasteiger partial charge in [0.05, 0.1) is 0 Å². The highest BCUT2D eigenvalue weighted by Gasteiger charge is 2.35. The topological polar surface area (TPSA) is 29.3 Å². The van der Waals surface area contributed by atoms with Crippen LogP contribution < -0.4 is 5.73 Å². The van der Waals surface area contributed by atoms with Crippen LogP contribution in [-0.4, -0.2) is 24.5 Å². The largest absolute Gasteiger partial charge is 0.330 e. The lowest BCUT2D eigenvalue weighted by molar-refractivity contribution is 0.156. The second-order valence-corrected chi connectivity index (χ2v) is 7.34. The molecule has 0 atom stereocenters. The molecule has 2 aromatic carbocycles. The Morgan fingerprint density at radius 3 is 2.30 bits per heavy atom. The van der Waals surface area contributed by atoms with Crippen molar-refractivity contribution < 1.29 is 0 Å². The first-order valence-corrected chi connectivity index (χ1v) is 9.90. The molecule has 2 nitrogen and oxygen atoms in total. The zero-order valence-electron chi connectivity index (χ0n) is 13.5. The van der Waals surface area contributed by atoms with Crippen molar-refractivity contribution in [1.29, 1.82) is 0 Å². The summed E-state index contributed by atoms with van der Waals surface area (Å²) >= 11 is 2.43. The second kappa shape index (κ2) is 7.77. The first-order chi connectivity index (χ1) is 11.3. The van der Waals surface area contributed by atoms with Crippen molar-refractivity contribution in [3.05, 3.63) is 71.3 Å². The Labute approximate surface area is 153 Å². The van der Waals surface area contributed by atoms with Crippen LogP contribution in [0.3, 0.4) is 0 Å². The lowest BCUT2D eigenvalue weighted by atomic mass is 9.72. The van der Waals surface area contributed by atoms with Crippen LogP contribution in [-0.2, 0) is 16.4 Å². The summed E-state index contributed by atoms with van der Waals surface area (Å²) in [4.78, 5) is 2.56. The van der Waals surface area contributed by atoms with Crippen molar-refractivity contribution in [2.24, 2.45) is 5.73 Å². The number of likely N-dealkylation sites (tertiary alicyclic amines) is 1. The number of piperidine rings is 1. The van der Waals surface area contributed by atoms with Crippen molar-refractivity contribution in [2.75, 3.05) is 19.6 Å². The predicted molar refractivity (Wildman–Crippen MR) is 106 cm³/mol. The Hall–Kier alpha value is -0.910. The monoisotopic (exact) mass is 420 g/mol. The third-order valence-electron chi connectivity index (χ3n) is 5.15. The van der Waals surface area contributed by atoms with Crippen LogP contribution in [0.15, 0.2) is 54.6 Å². The van der Waals surface area contributed by atoms with Gasteiger partial charge in [-0.2, -0.15) is 0 Å². The lowest BCUT2D eigenvalue weighted by Crippen LogP contribution is -2.46. The summed E-state index contributed by atoms with van der Waals surface area (Å²) in [5, 5.41) is 0. The molecule has 2 aromatic rings. The van der Waals surface area contributed by atoms with Gasteiger partial charge in [-0.25, -0.2) is 0 Å². The minimum Gasteiger partial charge on any atom is -0.330 e. The number of nitrogens with zero attached hydrogens (tertiary/aromatic N) is 1. The molecule has 23 heavy (non-hydrogen) atoms. The SMILES string of the molecule is NCC1(c2cccc(CI)c2)CCN(Cc2ccccc2)CC1. The fourth-order valence-electron chi connectivity index (χ4n) is 3.58. The van der Waals surface area contributed by atoms with Crippen molar-refractivity contribution in [3.8, 4) is 0 Å². The molecule has 0 aliphatic carbocycles. The Bertz CT molecular complexity index is 619. The van der Waals surface area contributed by atoms with Gasteiger partial charge in [0.2, 0.25) is 0 Å². The minimum atomic E-state index is 0.162. The van der Waals surface area contributed by atoms with E-state index in [-0.39, 0.29) is 5.41 Å². The number of hydrogen-bond donors (Lipinski definition) is 1. The number of halogens is 1. The van der Waals surface area contributed by atoms with E-state index in [1.807, 2.05) is 0 Å². The van der Waals surface area contributed by atoms with E-state index in [2.05, 4.69) is 82.1 Å². The van der Waals surface area contributed by atoms with E-state index >= 15 is 0 Å². The quantitative estimate of drug-likeness (QED) is 0.583. The summed E-state index contributed by atoms with van der Waals surface area (Å²) in [5.41, 5.74) is 10.6. The summed E-state index contributed by atoms with van der Waals surface area (Å²) < 4.78 is 1.06. The third-order valence-corrected chi connectivity index (χ3v) is 6.03. The van der Waals surface area contributed by atoms with E-state index in [9.17, 15) is 0 Å². The maximum Gasteiger partial charge on any atom is 0.0247 e. The predicted octanol–water partition coefficient (Wildman–Crippen LogP) is 4.11. The Morgan fingerprint density at radius 1 is 0.957 bits per heavy atom. The zero-order chi connectivity index (χ0) is 16.1. The third kappa shape index (κ3) is 3.95. The van der Waals surface area contributed by atoms with Gasteiger partial charge >= 0.3 is 0 Å². The molecular weight excluding hydrogens is 395 g/mol. The number of rotatable bonds is 5. The average Bonchev–Trinajstić information content (AvgIpc) is 2.63. The first-order valence-electron chi connectivity index (χ1n) is 8.37. The molecule has 0 unspecified atom stereocenters. The lowest BCUT2D eigenvalue weighted by Gasteiger charge is -2.42. The molecule has 0 bridgehead atoms. The molecule has 1 heterocycles. The standard InChI is InChI=1S/C20H25IN2/c21-14-18-7-4-8-19(13-18)20(16-22)9-11-23(12-10-20)15-17-5-2-1-3-6-17/h1-8,13H,9-12,14-16,22H2. The molecular formula is C20H25IN2. The van der Waals surface area contributed by atoms with Crippen LogP contribution in [0.5, 0.6) is 0 Å². The number of alkyl halides is 1. The Kier molecular flexibility index (Phi) is 5.72. The summed E-state index contributed by atoms with van der Waals surface area (Å²) in [7, 11) is 0. The summed E-state index contributed by atoms with van der Waals surface area (Å²) in [6.07, 6.45) is 2.31. The van der Waals surface area contributed by atoms with Crippen molar-refractivity contribution in [2.45, 2.75) is 29.2 Å². The fraction of sp³-hybridized carbons (Fsp3) is 0.400. The molecule has 3 heteroatoms. The molecule has 2 N–H and O–H groups in total. The second-order valence-electron chi connectivity index (χ2n) is 6.58. The van der Waals surface area contributed by atoms with Gasteiger partial charge in [-0.1, -0.05) is 77.2 Å². The van der Waals surface area contributed by atoms with E-state index in [1.54, 1.807) is 0 Å². The molecule has 1 fully saturated rings. The van der Waals surface area contributed by atoms with Crippen LogP contribution >= 0.6 is 22.6 Å². The van der Waals surface area contributed by atoms with Gasteiger partial charge in [-0.15, -0.1) is 0 Å². The van der Waals surface area contributed by atoms with E-state index in [1.165, 1.54) is 16.7 Å². The molecule has 0 saturated carbocycles. The highest BCUT2D eigenvalue weighted by Crippen LogP contribution is 2.35. The average molecular weight is 420 g/mol. The maximum atomic E-state index is 6.24. The smallest absolute Gasteiger partial charge is 0.0247 e. The molecule has 1 aliphatic rings. The van der Waals surface area contributed by atoms with Gasteiger partial charge in [-0.05, 0) is 42.6 Å². The normalized spacial score (nSPS) is 18.0. The first kappa shape index (κ1) is 16.9. The molecule has 0 aromatic heterocycles. The number of hydrogen-bond acceptors (Lipinski definition) is 2. The van der Waals surface area contributed by atoms with Crippen molar-refractivity contribution in [1.82, 2.24) is 4.90 Å². The highest BCUT2D eigenvalue weighted by atomic mass is 127. The van der Waals surface area contributed by atoms with Gasteiger partial charge in [0.15, 0.2) is 0 Å². The van der Waals surface area contributed by atoms with Crippen LogP contribution in [0, 0.1) is 0 Å². The molecule has 3 rings (SSSR count). The van der Waals surface area contributed by atoms with Gasteiger partial charge in [0, 0.05) is 22.9 Å². The Morgan fingerprint density at radius 2 is 1.65 bits per heavy atom. The van der Waals surface area contributed by atoms with E-state index in [4.69, 9.17) is 5.73 Å². The van der Waals surface area contributed by atoms with E-state index in [0.29, 0.717) is 0 Å². The van der Waals surface area contributed by atoms with Crippen LogP contribution in [0.1, 0.15) is 29.5 Å². The summed E-state index contributed by atoms with van der Waals surface area (Å²) in [6.45, 7) is 4.05. The highest BCUT2D eigenvalue weighted by molar-refractivity contribution is 14.1. The fourth-order valence-corrected chi connectivity index (χ4v) is 4.05. The molecule has 1 aliphatic heterocycles. The maximum absolute atomic E-state index is 6.24. The molecule has 1 saturated heterocycles. The van der Waals surface area contributed by atoms with Gasteiger partial charge in [0.25, 0.3) is 0 Å². The van der Waals surface area contributed by atoms with E-state index in [0.717, 1.165) is 43.4 Å². The molecule has 0 amide bonds. The number of benzene rings is 2. The zero-order valence-corrected chi connectivity index (χ0v) is 15.7. The summed E-state index contributed by atoms with van der Waals surface area (Å²) in [6, 6.07) is 19.8. The van der Waals surface area contributed by atoms with Crippen LogP contribution in [0.4, 0.5) is 0 Å². The van der Waals surface area contributed by atoms with Crippen molar-refractivity contribution >= 4 is 22.6 Å². The van der Waals surface area contributed by atoms with Crippen LogP contribution in [0.2, 0.25) is 0 Å².